The van der Waals surface area contributed by atoms with Gasteiger partial charge in [-0.1, -0.05) is 11.6 Å². The summed E-state index contributed by atoms with van der Waals surface area (Å²) in [6, 6.07) is 3.79. The Hall–Kier alpha value is -0.800. The number of nitrogens with one attached hydrogen (secondary N) is 1. The molecule has 0 radical (unpaired) electrons. The van der Waals surface area contributed by atoms with Crippen LogP contribution >= 0.6 is 23.2 Å². The summed E-state index contributed by atoms with van der Waals surface area (Å²) >= 11 is 11.4. The van der Waals surface area contributed by atoms with Crippen LogP contribution in [0.15, 0.2) is 18.2 Å². The fourth-order valence-electron chi connectivity index (χ4n) is 0.943. The molecule has 0 bridgehead atoms. The highest BCUT2D eigenvalue weighted by Crippen LogP contribution is 2.25. The van der Waals surface area contributed by atoms with Crippen LogP contribution in [0.1, 0.15) is 13.8 Å². The van der Waals surface area contributed by atoms with Crippen molar-refractivity contribution in [2.24, 2.45) is 5.41 Å². The average molecular weight is 264 g/mol. The van der Waals surface area contributed by atoms with E-state index in [-0.39, 0.29) is 16.8 Å². The van der Waals surface area contributed by atoms with Gasteiger partial charge >= 0.3 is 0 Å². The third kappa shape index (κ3) is 3.09. The van der Waals surface area contributed by atoms with E-state index in [1.54, 1.807) is 13.8 Å². The van der Waals surface area contributed by atoms with Gasteiger partial charge in [0.2, 0.25) is 5.91 Å². The van der Waals surface area contributed by atoms with Crippen LogP contribution in [-0.4, -0.2) is 11.8 Å². The Morgan fingerprint density at radius 2 is 2.12 bits per heavy atom. The predicted molar refractivity (Wildman–Crippen MR) is 64.5 cm³/mol. The second kappa shape index (κ2) is 5.02. The highest BCUT2D eigenvalue weighted by Gasteiger charge is 2.26. The fourth-order valence-corrected chi connectivity index (χ4v) is 1.28. The first-order chi connectivity index (χ1) is 7.36. The van der Waals surface area contributed by atoms with Crippen molar-refractivity contribution in [3.8, 4) is 0 Å². The number of benzene rings is 1. The molecule has 16 heavy (non-hydrogen) atoms. The van der Waals surface area contributed by atoms with E-state index in [0.717, 1.165) is 6.07 Å². The largest absolute Gasteiger partial charge is 0.324 e. The van der Waals surface area contributed by atoms with Crippen LogP contribution < -0.4 is 5.32 Å². The van der Waals surface area contributed by atoms with Gasteiger partial charge in [-0.2, -0.15) is 0 Å². The summed E-state index contributed by atoms with van der Waals surface area (Å²) in [6.07, 6.45) is 0. The normalized spacial score (nSPS) is 11.3. The van der Waals surface area contributed by atoms with Crippen molar-refractivity contribution in [3.63, 3.8) is 0 Å². The monoisotopic (exact) mass is 263 g/mol. The van der Waals surface area contributed by atoms with Gasteiger partial charge in [0, 0.05) is 5.88 Å². The summed E-state index contributed by atoms with van der Waals surface area (Å²) in [5, 5.41) is 2.77. The van der Waals surface area contributed by atoms with Crippen molar-refractivity contribution >= 4 is 34.8 Å². The molecule has 1 aromatic carbocycles. The Labute approximate surface area is 104 Å². The molecule has 1 amide bonds. The minimum absolute atomic E-state index is 0.165. The van der Waals surface area contributed by atoms with E-state index >= 15 is 0 Å². The van der Waals surface area contributed by atoms with Crippen LogP contribution in [0.3, 0.4) is 0 Å². The minimum Gasteiger partial charge on any atom is -0.324 e. The second-order valence-corrected chi connectivity index (χ2v) is 4.77. The quantitative estimate of drug-likeness (QED) is 0.829. The predicted octanol–water partition coefficient (Wildman–Crippen LogP) is 3.68. The van der Waals surface area contributed by atoms with Gasteiger partial charge in [0.15, 0.2) is 0 Å². The SMILES string of the molecule is CC(C)(CCl)C(=O)Nc1ccc(F)cc1Cl. The number of hydrogen-bond acceptors (Lipinski definition) is 1. The molecule has 1 N–H and O–H groups in total. The molecular weight excluding hydrogens is 252 g/mol. The number of rotatable bonds is 3. The van der Waals surface area contributed by atoms with E-state index in [0.29, 0.717) is 5.69 Å². The number of carbonyl (C=O) groups excluding carboxylic acids is 1. The molecule has 0 fully saturated rings. The maximum atomic E-state index is 12.8. The summed E-state index contributed by atoms with van der Waals surface area (Å²) < 4.78 is 12.8. The van der Waals surface area contributed by atoms with Crippen LogP contribution in [0.2, 0.25) is 5.02 Å². The molecule has 0 saturated carbocycles. The standard InChI is InChI=1S/C11H12Cl2FNO/c1-11(2,6-12)10(16)15-9-4-3-7(14)5-8(9)13/h3-5H,6H2,1-2H3,(H,15,16). The molecule has 0 aliphatic heterocycles. The molecule has 0 saturated heterocycles. The highest BCUT2D eigenvalue weighted by atomic mass is 35.5. The number of hydrogen-bond donors (Lipinski definition) is 1. The zero-order valence-corrected chi connectivity index (χ0v) is 10.5. The first-order valence-corrected chi connectivity index (χ1v) is 5.60. The molecule has 88 valence electrons. The Balaban J connectivity index is 2.85. The fraction of sp³-hybridized carbons (Fsp3) is 0.364. The lowest BCUT2D eigenvalue weighted by molar-refractivity contribution is -0.122. The maximum Gasteiger partial charge on any atom is 0.231 e. The Morgan fingerprint density at radius 1 is 1.50 bits per heavy atom. The van der Waals surface area contributed by atoms with E-state index < -0.39 is 11.2 Å². The molecule has 2 nitrogen and oxygen atoms in total. The molecule has 0 aliphatic rings. The Morgan fingerprint density at radius 3 is 2.62 bits per heavy atom. The summed E-state index contributed by atoms with van der Waals surface area (Å²) in [5.74, 6) is -0.506. The van der Waals surface area contributed by atoms with Crippen molar-refractivity contribution < 1.29 is 9.18 Å². The van der Waals surface area contributed by atoms with Gasteiger partial charge in [0.1, 0.15) is 5.82 Å². The van der Waals surface area contributed by atoms with Crippen molar-refractivity contribution in [3.05, 3.63) is 29.0 Å². The molecule has 0 aromatic heterocycles. The lowest BCUT2D eigenvalue weighted by atomic mass is 9.95. The van der Waals surface area contributed by atoms with Gasteiger partial charge in [0.05, 0.1) is 16.1 Å². The summed E-state index contributed by atoms with van der Waals surface area (Å²) in [7, 11) is 0. The zero-order valence-electron chi connectivity index (χ0n) is 8.98. The molecule has 0 unspecified atom stereocenters. The van der Waals surface area contributed by atoms with E-state index in [4.69, 9.17) is 23.2 Å². The van der Waals surface area contributed by atoms with Crippen molar-refractivity contribution in [1.82, 2.24) is 0 Å². The third-order valence-corrected chi connectivity index (χ3v) is 3.11. The smallest absolute Gasteiger partial charge is 0.231 e. The third-order valence-electron chi connectivity index (χ3n) is 2.13. The molecule has 0 heterocycles. The number of amides is 1. The molecule has 5 heteroatoms. The lowest BCUT2D eigenvalue weighted by Gasteiger charge is -2.20. The maximum absolute atomic E-state index is 12.8. The first kappa shape index (κ1) is 13.3. The van der Waals surface area contributed by atoms with E-state index in [1.807, 2.05) is 0 Å². The van der Waals surface area contributed by atoms with Crippen molar-refractivity contribution in [2.75, 3.05) is 11.2 Å². The summed E-state index contributed by atoms with van der Waals surface area (Å²) in [6.45, 7) is 3.43. The van der Waals surface area contributed by atoms with Gasteiger partial charge in [-0.25, -0.2) is 4.39 Å². The van der Waals surface area contributed by atoms with Crippen LogP contribution in [0, 0.1) is 11.2 Å². The van der Waals surface area contributed by atoms with Crippen LogP contribution in [0.5, 0.6) is 0 Å². The zero-order chi connectivity index (χ0) is 12.3. The number of carbonyl (C=O) groups is 1. The summed E-state index contributed by atoms with van der Waals surface area (Å²) in [5.41, 5.74) is -0.314. The lowest BCUT2D eigenvalue weighted by Crippen LogP contribution is -2.32. The Bertz CT molecular complexity index is 407. The van der Waals surface area contributed by atoms with Gasteiger partial charge in [0.25, 0.3) is 0 Å². The molecule has 0 aliphatic carbocycles. The van der Waals surface area contributed by atoms with E-state index in [9.17, 15) is 9.18 Å². The van der Waals surface area contributed by atoms with Crippen molar-refractivity contribution in [1.29, 1.82) is 0 Å². The minimum atomic E-state index is -0.695. The molecule has 0 spiro atoms. The molecule has 1 aromatic rings. The second-order valence-electron chi connectivity index (χ2n) is 4.10. The topological polar surface area (TPSA) is 29.1 Å². The average Bonchev–Trinajstić information content (AvgIpc) is 2.22. The van der Waals surface area contributed by atoms with Crippen molar-refractivity contribution in [2.45, 2.75) is 13.8 Å². The highest BCUT2D eigenvalue weighted by molar-refractivity contribution is 6.33. The van der Waals surface area contributed by atoms with E-state index in [1.165, 1.54) is 12.1 Å². The molecular formula is C11H12Cl2FNO. The van der Waals surface area contributed by atoms with Crippen LogP contribution in [-0.2, 0) is 4.79 Å². The van der Waals surface area contributed by atoms with Gasteiger partial charge < -0.3 is 5.32 Å². The van der Waals surface area contributed by atoms with Gasteiger partial charge in [-0.05, 0) is 32.0 Å². The van der Waals surface area contributed by atoms with Gasteiger partial charge in [-0.3, -0.25) is 4.79 Å². The van der Waals surface area contributed by atoms with Crippen LogP contribution in [0.25, 0.3) is 0 Å². The number of anilines is 1. The van der Waals surface area contributed by atoms with Crippen LogP contribution in [0.4, 0.5) is 10.1 Å². The molecule has 0 atom stereocenters. The van der Waals surface area contributed by atoms with Gasteiger partial charge in [-0.15, -0.1) is 11.6 Å². The van der Waals surface area contributed by atoms with E-state index in [2.05, 4.69) is 5.32 Å². The Kier molecular flexibility index (Phi) is 4.16. The summed E-state index contributed by atoms with van der Waals surface area (Å²) in [4.78, 5) is 11.8. The number of alkyl halides is 1. The molecule has 1 rings (SSSR count). The number of halogens is 3. The first-order valence-electron chi connectivity index (χ1n) is 4.69.